The van der Waals surface area contributed by atoms with Crippen molar-refractivity contribution >= 4 is 59.1 Å². The smallest absolute Gasteiger partial charge is 0.246 e. The van der Waals surface area contributed by atoms with Crippen molar-refractivity contribution in [2.45, 2.75) is 207 Å². The van der Waals surface area contributed by atoms with Gasteiger partial charge in [0.25, 0.3) is 0 Å². The molecule has 3 heterocycles. The first-order valence-electron chi connectivity index (χ1n) is 33.2. The maximum absolute atomic E-state index is 15.4. The molecule has 6 rings (SSSR count). The minimum atomic E-state index is -1.26. The van der Waals surface area contributed by atoms with Crippen molar-refractivity contribution in [3.63, 3.8) is 0 Å². The van der Waals surface area contributed by atoms with Crippen molar-refractivity contribution < 1.29 is 47.9 Å². The van der Waals surface area contributed by atoms with Crippen LogP contribution in [0.2, 0.25) is 0 Å². The van der Waals surface area contributed by atoms with Crippen molar-refractivity contribution in [1.82, 2.24) is 50.7 Å². The molecule has 2 saturated heterocycles. The van der Waals surface area contributed by atoms with Gasteiger partial charge in [-0.15, -0.1) is 0 Å². The molecule has 20 heteroatoms. The van der Waals surface area contributed by atoms with E-state index in [9.17, 15) is 33.6 Å². The van der Waals surface area contributed by atoms with Crippen LogP contribution in [-0.2, 0) is 73.6 Å². The number of rotatable bonds is 12. The van der Waals surface area contributed by atoms with Crippen molar-refractivity contribution in [2.24, 2.45) is 23.7 Å². The molecule has 0 aliphatic carbocycles. The number of nitrogens with zero attached hydrogens (tertiary/aromatic N) is 6. The van der Waals surface area contributed by atoms with E-state index < -0.39 is 108 Å². The van der Waals surface area contributed by atoms with Gasteiger partial charge in [-0.05, 0) is 111 Å². The zero-order valence-electron chi connectivity index (χ0n) is 56.4. The number of hydrogen-bond acceptors (Lipinski definition) is 10. The Balaban J connectivity index is 1.42. The van der Waals surface area contributed by atoms with Gasteiger partial charge in [-0.2, -0.15) is 0 Å². The summed E-state index contributed by atoms with van der Waals surface area (Å²) in [5, 5.41) is 12.0. The molecule has 0 radical (unpaired) electrons. The van der Waals surface area contributed by atoms with E-state index in [-0.39, 0.29) is 68.2 Å². The molecule has 0 spiro atoms. The Morgan fingerprint density at radius 2 is 1.10 bits per heavy atom. The number of likely N-dealkylation sites (N-methyl/N-ethyl adjacent to an activating group) is 4. The lowest BCUT2D eigenvalue weighted by molar-refractivity contribution is -0.151. The maximum Gasteiger partial charge on any atom is 0.246 e. The summed E-state index contributed by atoms with van der Waals surface area (Å²) in [5.41, 5.74) is 3.12. The minimum absolute atomic E-state index is 0.00114. The highest BCUT2D eigenvalue weighted by atomic mass is 16.2. The van der Waals surface area contributed by atoms with Crippen molar-refractivity contribution in [3.05, 3.63) is 107 Å². The number of aryl methyl sites for hydroxylation is 1. The van der Waals surface area contributed by atoms with Crippen molar-refractivity contribution in [1.29, 1.82) is 0 Å². The van der Waals surface area contributed by atoms with E-state index >= 15 is 14.4 Å². The summed E-state index contributed by atoms with van der Waals surface area (Å²) in [7, 11) is 6.05. The van der Waals surface area contributed by atoms with Crippen LogP contribution >= 0.6 is 0 Å². The summed E-state index contributed by atoms with van der Waals surface area (Å²) in [4.78, 5) is 157. The molecule has 10 amide bonds. The summed E-state index contributed by atoms with van der Waals surface area (Å²) in [6.07, 6.45) is 5.70. The van der Waals surface area contributed by atoms with Crippen LogP contribution < -0.4 is 21.3 Å². The summed E-state index contributed by atoms with van der Waals surface area (Å²) in [6, 6.07) is 16.1. The van der Waals surface area contributed by atoms with Gasteiger partial charge in [0.05, 0.1) is 0 Å². The third kappa shape index (κ3) is 19.7. The van der Waals surface area contributed by atoms with Gasteiger partial charge < -0.3 is 50.7 Å². The van der Waals surface area contributed by atoms with E-state index in [4.69, 9.17) is 0 Å². The summed E-state index contributed by atoms with van der Waals surface area (Å²) in [5.74, 6) is -5.93. The lowest BCUT2D eigenvalue weighted by atomic mass is 9.94. The van der Waals surface area contributed by atoms with Gasteiger partial charge in [0, 0.05) is 73.5 Å². The number of carbonyl (C=O) groups is 10. The predicted molar refractivity (Wildman–Crippen MR) is 351 cm³/mol. The van der Waals surface area contributed by atoms with Crippen LogP contribution in [-0.4, -0.2) is 191 Å². The van der Waals surface area contributed by atoms with Crippen LogP contribution in [0.15, 0.2) is 84.9 Å². The second kappa shape index (κ2) is 34.1. The fraction of sp³-hybridized carbons (Fsp3) is 0.606. The molecule has 4 N–H and O–H groups in total. The Morgan fingerprint density at radius 1 is 0.516 bits per heavy atom. The Morgan fingerprint density at radius 3 is 1.70 bits per heavy atom. The largest absolute Gasteiger partial charge is 0.344 e. The minimum Gasteiger partial charge on any atom is -0.344 e. The first kappa shape index (κ1) is 72.4. The fourth-order valence-electron chi connectivity index (χ4n) is 13.2. The highest BCUT2D eigenvalue weighted by molar-refractivity contribution is 5.99. The molecular formula is C71H104N10O10. The van der Waals surface area contributed by atoms with Gasteiger partial charge in [-0.3, -0.25) is 47.9 Å². The third-order valence-corrected chi connectivity index (χ3v) is 18.4. The average molecular weight is 1260 g/mol. The molecule has 3 aliphatic heterocycles. The Hall–Kier alpha value is -7.64. The summed E-state index contributed by atoms with van der Waals surface area (Å²) in [6.45, 7) is 18.0. The van der Waals surface area contributed by atoms with Crippen LogP contribution in [0.4, 0.5) is 0 Å². The zero-order valence-corrected chi connectivity index (χ0v) is 56.4. The Bertz CT molecular complexity index is 2970. The topological polar surface area (TPSA) is 238 Å². The molecule has 10 atom stereocenters. The predicted octanol–water partition coefficient (Wildman–Crippen LogP) is 6.12. The summed E-state index contributed by atoms with van der Waals surface area (Å²) < 4.78 is 0. The first-order chi connectivity index (χ1) is 43.2. The molecule has 3 aromatic carbocycles. The van der Waals surface area contributed by atoms with Gasteiger partial charge in [-0.1, -0.05) is 147 Å². The molecule has 2 fully saturated rings. The standard InChI is InChI=1S/C71H104N10O10/c1-14-48(8)62-65(85)75-56(68(88)80-36-22-17-23-37-80)43-53-33-24-31-50(41-53)32-25-35-60(82)73-54(39-45(2)3)69(89)81-38-26-34-57(81)70(90)78(12)61(47(6)7)64(84)74-55(42-51-27-18-15-19-28-51)67(87)77(11)59(44-52-29-20-16-21-30-52)71(91)76(10)58(40-46(4)5)63(83)72-49(9)66(86)79(62)13/h15-16,18-21,24,27-31,33,41,45-49,54-59,61-62H,14,17,22-23,25-26,32,34-40,42-44H2,1-13H3,(H,72,83)(H,73,82)(H,74,84)(H,75,85)/t48-,49-,54-,55-,56-,57-,58-,59-,61-,62-/m0/s1. The van der Waals surface area contributed by atoms with Crippen molar-refractivity contribution in [2.75, 3.05) is 47.8 Å². The van der Waals surface area contributed by atoms with Gasteiger partial charge in [0.1, 0.15) is 54.4 Å². The molecule has 3 aliphatic rings. The molecule has 0 unspecified atom stereocenters. The molecule has 0 aromatic heterocycles. The lowest BCUT2D eigenvalue weighted by Gasteiger charge is -2.38. The van der Waals surface area contributed by atoms with Gasteiger partial charge in [-0.25, -0.2) is 0 Å². The van der Waals surface area contributed by atoms with E-state index in [0.717, 1.165) is 30.4 Å². The number of nitrogens with one attached hydrogen (secondary N) is 4. The number of piperidine rings is 1. The van der Waals surface area contributed by atoms with Crippen LogP contribution in [0.5, 0.6) is 0 Å². The molecule has 20 nitrogen and oxygen atoms in total. The Labute approximate surface area is 540 Å². The maximum atomic E-state index is 15.4. The molecule has 3 aromatic rings. The second-order valence-electron chi connectivity index (χ2n) is 26.9. The molecule has 498 valence electrons. The number of carbonyl (C=O) groups excluding carboxylic acids is 10. The highest BCUT2D eigenvalue weighted by Gasteiger charge is 2.45. The van der Waals surface area contributed by atoms with Crippen LogP contribution in [0.1, 0.15) is 149 Å². The van der Waals surface area contributed by atoms with E-state index in [1.54, 1.807) is 18.7 Å². The highest BCUT2D eigenvalue weighted by Crippen LogP contribution is 2.26. The van der Waals surface area contributed by atoms with Gasteiger partial charge >= 0.3 is 0 Å². The average Bonchev–Trinajstić information content (AvgIpc) is 2.76. The normalized spacial score (nSPS) is 25.5. The van der Waals surface area contributed by atoms with Gasteiger partial charge in [0.2, 0.25) is 59.1 Å². The quantitative estimate of drug-likeness (QED) is 0.162. The number of likely N-dealkylation sites (tertiary alicyclic amines) is 1. The molecule has 0 saturated carbocycles. The van der Waals surface area contributed by atoms with Crippen LogP contribution in [0.25, 0.3) is 0 Å². The second-order valence-corrected chi connectivity index (χ2v) is 26.9. The van der Waals surface area contributed by atoms with Crippen molar-refractivity contribution in [3.8, 4) is 0 Å². The molecular weight excluding hydrogens is 1150 g/mol. The number of fused-ring (bicyclic) bond motifs is 3. The third-order valence-electron chi connectivity index (χ3n) is 18.4. The fourth-order valence-corrected chi connectivity index (χ4v) is 13.2. The lowest BCUT2D eigenvalue weighted by Crippen LogP contribution is -2.62. The number of benzene rings is 3. The van der Waals surface area contributed by atoms with E-state index in [2.05, 4.69) is 21.3 Å². The zero-order chi connectivity index (χ0) is 66.8. The first-order valence-corrected chi connectivity index (χ1v) is 33.2. The van der Waals surface area contributed by atoms with E-state index in [0.29, 0.717) is 62.7 Å². The van der Waals surface area contributed by atoms with Gasteiger partial charge in [0.15, 0.2) is 0 Å². The Kier molecular flexibility index (Phi) is 27.2. The SMILES string of the molecule is CC[C@H](C)[C@H]1C(=O)N[C@H](C(=O)N2CCCCC2)Cc2cccc(c2)CCCC(=O)N[C@@H](CC(C)C)C(=O)N2CCC[C@H]2C(=O)N(C)[C@@H](C(C)C)C(=O)N[C@@H](Cc2ccccc2)C(=O)N(C)[C@@H](Cc2ccccc2)C(=O)N(C)[C@@H](CC(C)C)C(=O)N[C@@H](C)C(=O)N1C. The van der Waals surface area contributed by atoms with E-state index in [1.165, 1.54) is 59.6 Å². The monoisotopic (exact) mass is 1260 g/mol. The number of amides is 10. The number of hydrogen-bond donors (Lipinski definition) is 4. The van der Waals surface area contributed by atoms with Crippen LogP contribution in [0.3, 0.4) is 0 Å². The summed E-state index contributed by atoms with van der Waals surface area (Å²) >= 11 is 0. The van der Waals surface area contributed by atoms with E-state index in [1.807, 2.05) is 126 Å². The molecule has 2 bridgehead atoms. The van der Waals surface area contributed by atoms with Crippen LogP contribution in [0, 0.1) is 23.7 Å². The molecule has 91 heavy (non-hydrogen) atoms.